The fourth-order valence-electron chi connectivity index (χ4n) is 3.40. The minimum absolute atomic E-state index is 0. The molecule has 0 saturated carbocycles. The van der Waals surface area contributed by atoms with Gasteiger partial charge in [0.15, 0.2) is 0 Å². The Morgan fingerprint density at radius 3 is 2.75 bits per heavy atom. The molecule has 1 saturated heterocycles. The summed E-state index contributed by atoms with van der Waals surface area (Å²) in [6.45, 7) is 3.44. The number of hydrogen-bond donors (Lipinski definition) is 1. The molecule has 1 fully saturated rings. The number of benzene rings is 1. The van der Waals surface area contributed by atoms with Crippen LogP contribution in [-0.2, 0) is 6.54 Å². The van der Waals surface area contributed by atoms with Crippen LogP contribution < -0.4 is 5.32 Å². The largest absolute Gasteiger partial charge is 0.460 e. The predicted molar refractivity (Wildman–Crippen MR) is 108 cm³/mol. The molecule has 3 aromatic rings. The van der Waals surface area contributed by atoms with E-state index in [2.05, 4.69) is 21.3 Å². The fourth-order valence-corrected chi connectivity index (χ4v) is 3.40. The van der Waals surface area contributed by atoms with Crippen molar-refractivity contribution in [2.45, 2.75) is 12.6 Å². The lowest BCUT2D eigenvalue weighted by Crippen LogP contribution is -2.45. The van der Waals surface area contributed by atoms with Crippen LogP contribution in [0.25, 0.3) is 11.3 Å². The van der Waals surface area contributed by atoms with E-state index in [-0.39, 0.29) is 24.1 Å². The third kappa shape index (κ3) is 4.39. The zero-order chi connectivity index (χ0) is 18.6. The molecular formula is C20H21ClN4O3. The van der Waals surface area contributed by atoms with Crippen molar-refractivity contribution in [2.75, 3.05) is 19.6 Å². The lowest BCUT2D eigenvalue weighted by atomic mass is 10.1. The van der Waals surface area contributed by atoms with Crippen molar-refractivity contribution in [3.8, 4) is 11.3 Å². The number of non-ortho nitro benzene ring substituents is 1. The number of nitro benzene ring substituents is 1. The Kier molecular flexibility index (Phi) is 6.41. The summed E-state index contributed by atoms with van der Waals surface area (Å²) in [6.07, 6.45) is 3.70. The van der Waals surface area contributed by atoms with Crippen molar-refractivity contribution in [1.82, 2.24) is 15.2 Å². The Hall–Kier alpha value is -2.74. The van der Waals surface area contributed by atoms with Crippen molar-refractivity contribution < 1.29 is 9.34 Å². The SMILES string of the molecule is Cl.O=[N+]([O-])c1ccc(-c2ccc(CN3CCNCC3c3cccnc3)o2)cc1. The first kappa shape index (κ1) is 20.0. The first-order chi connectivity index (χ1) is 13.2. The number of nitrogens with one attached hydrogen (secondary N) is 1. The predicted octanol–water partition coefficient (Wildman–Crippen LogP) is 3.82. The molecule has 2 aromatic heterocycles. The molecule has 1 aromatic carbocycles. The number of halogens is 1. The van der Waals surface area contributed by atoms with Crippen molar-refractivity contribution in [3.63, 3.8) is 0 Å². The van der Waals surface area contributed by atoms with E-state index in [0.29, 0.717) is 12.3 Å². The van der Waals surface area contributed by atoms with Crippen molar-refractivity contribution in [2.24, 2.45) is 0 Å². The van der Waals surface area contributed by atoms with Crippen molar-refractivity contribution in [1.29, 1.82) is 0 Å². The van der Waals surface area contributed by atoms with Crippen LogP contribution in [-0.4, -0.2) is 34.4 Å². The minimum Gasteiger partial charge on any atom is -0.460 e. The highest BCUT2D eigenvalue weighted by Crippen LogP contribution is 2.28. The first-order valence-electron chi connectivity index (χ1n) is 8.89. The summed E-state index contributed by atoms with van der Waals surface area (Å²) < 4.78 is 6.01. The monoisotopic (exact) mass is 400 g/mol. The van der Waals surface area contributed by atoms with Gasteiger partial charge in [-0.1, -0.05) is 6.07 Å². The van der Waals surface area contributed by atoms with Gasteiger partial charge in [-0.2, -0.15) is 0 Å². The zero-order valence-corrected chi connectivity index (χ0v) is 16.0. The van der Waals surface area contributed by atoms with E-state index in [1.165, 1.54) is 17.7 Å². The second-order valence-electron chi connectivity index (χ2n) is 6.55. The van der Waals surface area contributed by atoms with Gasteiger partial charge in [0.1, 0.15) is 11.5 Å². The maximum absolute atomic E-state index is 10.8. The standard InChI is InChI=1S/C20H20N4O3.ClH/c25-24(26)17-5-3-15(4-6-17)20-8-7-18(27-20)14-23-11-10-22-13-19(23)16-2-1-9-21-12-16;/h1-9,12,19,22H,10-11,13-14H2;1H. The number of hydrogen-bond acceptors (Lipinski definition) is 6. The molecule has 1 unspecified atom stereocenters. The third-order valence-corrected chi connectivity index (χ3v) is 4.81. The molecule has 0 aliphatic carbocycles. The zero-order valence-electron chi connectivity index (χ0n) is 15.2. The van der Waals surface area contributed by atoms with Gasteiger partial charge in [0.05, 0.1) is 11.5 Å². The van der Waals surface area contributed by atoms with Gasteiger partial charge in [-0.3, -0.25) is 20.0 Å². The molecule has 7 nitrogen and oxygen atoms in total. The van der Waals surface area contributed by atoms with Crippen LogP contribution >= 0.6 is 12.4 Å². The van der Waals surface area contributed by atoms with E-state index in [0.717, 1.165) is 31.0 Å². The Balaban J connectivity index is 0.00000225. The molecule has 146 valence electrons. The molecule has 0 amide bonds. The number of rotatable bonds is 5. The van der Waals surface area contributed by atoms with E-state index in [4.69, 9.17) is 4.42 Å². The molecule has 8 heteroatoms. The number of aromatic nitrogens is 1. The second kappa shape index (κ2) is 8.97. The molecule has 4 rings (SSSR count). The molecule has 0 radical (unpaired) electrons. The van der Waals surface area contributed by atoms with Gasteiger partial charge in [0.2, 0.25) is 0 Å². The van der Waals surface area contributed by atoms with Crippen LogP contribution in [0.5, 0.6) is 0 Å². The molecule has 0 bridgehead atoms. The maximum atomic E-state index is 10.8. The lowest BCUT2D eigenvalue weighted by molar-refractivity contribution is -0.384. The highest BCUT2D eigenvalue weighted by molar-refractivity contribution is 5.85. The summed E-state index contributed by atoms with van der Waals surface area (Å²) in [6, 6.07) is 14.6. The Bertz CT molecular complexity index is 915. The van der Waals surface area contributed by atoms with Gasteiger partial charge < -0.3 is 9.73 Å². The summed E-state index contributed by atoms with van der Waals surface area (Å²) >= 11 is 0. The lowest BCUT2D eigenvalue weighted by Gasteiger charge is -2.35. The number of nitro groups is 1. The van der Waals surface area contributed by atoms with Crippen LogP contribution in [0.1, 0.15) is 17.4 Å². The molecule has 1 atom stereocenters. The van der Waals surface area contributed by atoms with E-state index in [1.54, 1.807) is 18.3 Å². The average molecular weight is 401 g/mol. The highest BCUT2D eigenvalue weighted by Gasteiger charge is 2.25. The Morgan fingerprint density at radius 1 is 1.21 bits per heavy atom. The summed E-state index contributed by atoms with van der Waals surface area (Å²) in [5.41, 5.74) is 2.09. The summed E-state index contributed by atoms with van der Waals surface area (Å²) in [7, 11) is 0. The average Bonchev–Trinajstić information content (AvgIpc) is 3.18. The van der Waals surface area contributed by atoms with Gasteiger partial charge in [0, 0.05) is 55.8 Å². The smallest absolute Gasteiger partial charge is 0.269 e. The number of furan rings is 1. The molecular weight excluding hydrogens is 380 g/mol. The molecule has 3 heterocycles. The van der Waals surface area contributed by atoms with Crippen LogP contribution in [0, 0.1) is 10.1 Å². The number of nitrogens with zero attached hydrogens (tertiary/aromatic N) is 3. The molecule has 1 aliphatic rings. The fraction of sp³-hybridized carbons (Fsp3) is 0.250. The Morgan fingerprint density at radius 2 is 2.04 bits per heavy atom. The van der Waals surface area contributed by atoms with E-state index in [9.17, 15) is 10.1 Å². The molecule has 0 spiro atoms. The second-order valence-corrected chi connectivity index (χ2v) is 6.55. The van der Waals surface area contributed by atoms with Crippen LogP contribution in [0.2, 0.25) is 0 Å². The van der Waals surface area contributed by atoms with Gasteiger partial charge in [-0.15, -0.1) is 12.4 Å². The van der Waals surface area contributed by atoms with Gasteiger partial charge in [-0.05, 0) is 35.9 Å². The van der Waals surface area contributed by atoms with Crippen LogP contribution in [0.15, 0.2) is 65.3 Å². The quantitative estimate of drug-likeness (QED) is 0.517. The molecule has 1 N–H and O–H groups in total. The summed E-state index contributed by atoms with van der Waals surface area (Å²) in [4.78, 5) is 17.0. The minimum atomic E-state index is -0.402. The number of pyridine rings is 1. The first-order valence-corrected chi connectivity index (χ1v) is 8.89. The van der Waals surface area contributed by atoms with Crippen molar-refractivity contribution >= 4 is 18.1 Å². The Labute approximate surface area is 168 Å². The van der Waals surface area contributed by atoms with E-state index in [1.807, 2.05) is 24.4 Å². The van der Waals surface area contributed by atoms with E-state index < -0.39 is 4.92 Å². The topological polar surface area (TPSA) is 84.4 Å². The van der Waals surface area contributed by atoms with E-state index >= 15 is 0 Å². The van der Waals surface area contributed by atoms with Gasteiger partial charge in [-0.25, -0.2) is 0 Å². The third-order valence-electron chi connectivity index (χ3n) is 4.81. The molecule has 1 aliphatic heterocycles. The van der Waals surface area contributed by atoms with Crippen LogP contribution in [0.3, 0.4) is 0 Å². The van der Waals surface area contributed by atoms with Gasteiger partial charge in [0.25, 0.3) is 5.69 Å². The van der Waals surface area contributed by atoms with Gasteiger partial charge >= 0.3 is 0 Å². The summed E-state index contributed by atoms with van der Waals surface area (Å²) in [5.74, 6) is 1.59. The maximum Gasteiger partial charge on any atom is 0.269 e. The van der Waals surface area contributed by atoms with Crippen LogP contribution in [0.4, 0.5) is 5.69 Å². The highest BCUT2D eigenvalue weighted by atomic mass is 35.5. The molecule has 28 heavy (non-hydrogen) atoms. The summed E-state index contributed by atoms with van der Waals surface area (Å²) in [5, 5.41) is 14.2. The number of piperazine rings is 1. The normalized spacial score (nSPS) is 17.1. The van der Waals surface area contributed by atoms with Crippen molar-refractivity contribution in [3.05, 3.63) is 82.4 Å².